The Morgan fingerprint density at radius 1 is 1.24 bits per heavy atom. The number of nitrogens with one attached hydrogen (secondary N) is 2. The van der Waals surface area contributed by atoms with Crippen molar-refractivity contribution in [3.05, 3.63) is 42.2 Å². The van der Waals surface area contributed by atoms with Gasteiger partial charge >= 0.3 is 6.09 Å². The first-order valence-corrected chi connectivity index (χ1v) is 15.1. The Labute approximate surface area is 260 Å². The zero-order valence-electron chi connectivity index (χ0n) is 24.4. The van der Waals surface area contributed by atoms with E-state index in [0.717, 1.165) is 24.0 Å². The minimum absolute atomic E-state index is 0.0691. The van der Waals surface area contributed by atoms with Gasteiger partial charge in [0.05, 0.1) is 46.8 Å². The molecule has 1 saturated carbocycles. The van der Waals surface area contributed by atoms with Gasteiger partial charge in [0.25, 0.3) is 5.92 Å². The van der Waals surface area contributed by atoms with Crippen molar-refractivity contribution in [1.82, 2.24) is 35.0 Å². The Hall–Kier alpha value is -4.91. The summed E-state index contributed by atoms with van der Waals surface area (Å²) >= 11 is 1.18. The summed E-state index contributed by atoms with van der Waals surface area (Å²) in [6, 6.07) is 8.25. The van der Waals surface area contributed by atoms with E-state index in [9.17, 15) is 28.7 Å². The number of carbonyl (C=O) groups is 2. The lowest BCUT2D eigenvalue weighted by Gasteiger charge is -2.38. The first kappa shape index (κ1) is 30.1. The lowest BCUT2D eigenvalue weighted by atomic mass is 9.79. The molecule has 3 N–H and O–H groups in total. The fourth-order valence-corrected chi connectivity index (χ4v) is 6.70. The number of nitriles is 1. The molecule has 0 bridgehead atoms. The van der Waals surface area contributed by atoms with Gasteiger partial charge in [-0.1, -0.05) is 11.3 Å². The van der Waals surface area contributed by atoms with Gasteiger partial charge in [-0.05, 0) is 49.4 Å². The maximum absolute atomic E-state index is 14.9. The molecule has 0 spiro atoms. The van der Waals surface area contributed by atoms with Crippen LogP contribution >= 0.6 is 11.3 Å². The number of pyridine rings is 1. The molecule has 2 amide bonds. The summed E-state index contributed by atoms with van der Waals surface area (Å²) in [6.07, 6.45) is 3.78. The van der Waals surface area contributed by atoms with Gasteiger partial charge in [-0.25, -0.2) is 18.1 Å². The minimum atomic E-state index is -3.14. The number of carbonyl (C=O) groups excluding carboxylic acids is 1. The summed E-state index contributed by atoms with van der Waals surface area (Å²) in [5.74, 6) is -3.41. The van der Waals surface area contributed by atoms with Crippen LogP contribution in [0.5, 0.6) is 0 Å². The number of anilines is 2. The maximum Gasteiger partial charge on any atom is 0.407 e. The number of hydrogen-bond acceptors (Lipinski definition) is 10. The SMILES string of the molecule is CC(=O)N[C@H]1CCN(c2nnc(-c3cnc(-c4ccc5cc(C#N)cnn45)cc3NC3CC(CN(C)C(=O)O)C3)s2)CC1(F)F. The van der Waals surface area contributed by atoms with Crippen LogP contribution in [0, 0.1) is 17.2 Å². The van der Waals surface area contributed by atoms with Crippen LogP contribution in [-0.2, 0) is 4.79 Å². The van der Waals surface area contributed by atoms with Gasteiger partial charge in [-0.2, -0.15) is 10.4 Å². The maximum atomic E-state index is 14.9. The lowest BCUT2D eigenvalue weighted by Crippen LogP contribution is -2.58. The van der Waals surface area contributed by atoms with Crippen LogP contribution in [-0.4, -0.2) is 91.5 Å². The average Bonchev–Trinajstić information content (AvgIpc) is 3.64. The van der Waals surface area contributed by atoms with Crippen molar-refractivity contribution in [2.24, 2.45) is 5.92 Å². The second-order valence-electron chi connectivity index (χ2n) is 11.5. The van der Waals surface area contributed by atoms with E-state index >= 15 is 0 Å². The summed E-state index contributed by atoms with van der Waals surface area (Å²) in [4.78, 5) is 30.1. The number of hydrogen-bond donors (Lipinski definition) is 3. The second kappa shape index (κ2) is 11.9. The Kier molecular flexibility index (Phi) is 7.96. The van der Waals surface area contributed by atoms with Crippen LogP contribution in [0.2, 0.25) is 0 Å². The number of halogens is 2. The van der Waals surface area contributed by atoms with Gasteiger partial charge in [0.2, 0.25) is 11.0 Å². The molecule has 13 nitrogen and oxygen atoms in total. The minimum Gasteiger partial charge on any atom is -0.465 e. The molecule has 1 aliphatic heterocycles. The van der Waals surface area contributed by atoms with Crippen LogP contribution in [0.4, 0.5) is 24.4 Å². The molecule has 45 heavy (non-hydrogen) atoms. The van der Waals surface area contributed by atoms with Crippen LogP contribution < -0.4 is 15.5 Å². The average molecular weight is 637 g/mol. The van der Waals surface area contributed by atoms with E-state index in [1.807, 2.05) is 18.2 Å². The monoisotopic (exact) mass is 636 g/mol. The van der Waals surface area contributed by atoms with Crippen LogP contribution in [0.25, 0.3) is 27.5 Å². The highest BCUT2D eigenvalue weighted by atomic mass is 32.1. The standard InChI is InChI=1S/C29H30F2N10O3S/c1-16(42)35-25-5-6-40(15-29(25,30)31)27-38-37-26(45-27)21-13-33-23(24-4-3-20-9-18(11-32)12-34-41(20)24)10-22(21)36-19-7-17(8-19)14-39(2)28(43)44/h3-4,9-10,12-13,17,19,25H,5-8,14-15H2,1-2H3,(H,33,36)(H,35,42)(H,43,44)/t17?,19?,25-/m0/s1. The van der Waals surface area contributed by atoms with E-state index in [1.165, 1.54) is 34.3 Å². The van der Waals surface area contributed by atoms with Gasteiger partial charge in [0.1, 0.15) is 6.07 Å². The van der Waals surface area contributed by atoms with Gasteiger partial charge in [-0.15, -0.1) is 10.2 Å². The van der Waals surface area contributed by atoms with Gasteiger partial charge in [0.15, 0.2) is 5.01 Å². The predicted molar refractivity (Wildman–Crippen MR) is 162 cm³/mol. The molecule has 1 atom stereocenters. The number of piperidine rings is 1. The van der Waals surface area contributed by atoms with Crippen molar-refractivity contribution in [2.45, 2.75) is 44.2 Å². The van der Waals surface area contributed by atoms with E-state index < -0.39 is 30.5 Å². The number of nitrogens with zero attached hydrogens (tertiary/aromatic N) is 8. The highest BCUT2D eigenvalue weighted by Gasteiger charge is 2.46. The highest BCUT2D eigenvalue weighted by molar-refractivity contribution is 7.18. The summed E-state index contributed by atoms with van der Waals surface area (Å²) in [7, 11) is 1.55. The smallest absolute Gasteiger partial charge is 0.407 e. The van der Waals surface area contributed by atoms with E-state index in [-0.39, 0.29) is 24.9 Å². The topological polar surface area (TPSA) is 165 Å². The Bertz CT molecular complexity index is 1800. The molecular weight excluding hydrogens is 606 g/mol. The zero-order valence-corrected chi connectivity index (χ0v) is 25.3. The van der Waals surface area contributed by atoms with Crippen molar-refractivity contribution in [3.8, 4) is 28.0 Å². The van der Waals surface area contributed by atoms with E-state index in [2.05, 4.69) is 37.0 Å². The summed E-state index contributed by atoms with van der Waals surface area (Å²) in [5, 5.41) is 38.2. The number of rotatable bonds is 8. The summed E-state index contributed by atoms with van der Waals surface area (Å²) in [6.45, 7) is 1.36. The molecule has 1 aliphatic carbocycles. The van der Waals surface area contributed by atoms with Crippen LogP contribution in [0.3, 0.4) is 0 Å². The van der Waals surface area contributed by atoms with E-state index in [0.29, 0.717) is 39.2 Å². The number of fused-ring (bicyclic) bond motifs is 1. The van der Waals surface area contributed by atoms with E-state index in [1.54, 1.807) is 23.8 Å². The summed E-state index contributed by atoms with van der Waals surface area (Å²) in [5.41, 5.74) is 3.87. The molecule has 0 aromatic carbocycles. The summed E-state index contributed by atoms with van der Waals surface area (Å²) < 4.78 is 31.4. The highest BCUT2D eigenvalue weighted by Crippen LogP contribution is 2.40. The fraction of sp³-hybridized carbons (Fsp3) is 0.414. The molecule has 4 aromatic heterocycles. The fourth-order valence-electron chi connectivity index (χ4n) is 5.81. The number of amides is 2. The normalized spacial score (nSPS) is 20.7. The van der Waals surface area contributed by atoms with Crippen molar-refractivity contribution in [1.29, 1.82) is 5.26 Å². The molecule has 234 valence electrons. The number of alkyl halides is 2. The molecular formula is C29H30F2N10O3S. The first-order chi connectivity index (χ1) is 21.5. The van der Waals surface area contributed by atoms with E-state index in [4.69, 9.17) is 0 Å². The lowest BCUT2D eigenvalue weighted by molar-refractivity contribution is -0.124. The van der Waals surface area contributed by atoms with Gasteiger partial charge < -0.3 is 25.5 Å². The molecule has 5 heterocycles. The molecule has 4 aromatic rings. The zero-order chi connectivity index (χ0) is 31.9. The quantitative estimate of drug-likeness (QED) is 0.258. The second-order valence-corrected chi connectivity index (χ2v) is 12.4. The van der Waals surface area contributed by atoms with Crippen molar-refractivity contribution in [3.63, 3.8) is 0 Å². The van der Waals surface area contributed by atoms with Crippen molar-refractivity contribution in [2.75, 3.05) is 36.9 Å². The van der Waals surface area contributed by atoms with Crippen LogP contribution in [0.1, 0.15) is 31.7 Å². The third-order valence-electron chi connectivity index (χ3n) is 8.14. The molecule has 6 rings (SSSR count). The third-order valence-corrected chi connectivity index (χ3v) is 9.16. The molecule has 0 unspecified atom stereocenters. The number of aromatic nitrogens is 5. The molecule has 2 aliphatic rings. The Balaban J connectivity index is 1.27. The van der Waals surface area contributed by atoms with Gasteiger partial charge in [0, 0.05) is 45.0 Å². The largest absolute Gasteiger partial charge is 0.465 e. The predicted octanol–water partition coefficient (Wildman–Crippen LogP) is 3.94. The molecule has 0 radical (unpaired) electrons. The molecule has 16 heteroatoms. The first-order valence-electron chi connectivity index (χ1n) is 14.3. The van der Waals surface area contributed by atoms with Gasteiger partial charge in [-0.3, -0.25) is 9.78 Å². The van der Waals surface area contributed by atoms with Crippen molar-refractivity contribution >= 4 is 39.7 Å². The van der Waals surface area contributed by atoms with Crippen LogP contribution in [0.15, 0.2) is 36.7 Å². The number of carboxylic acid groups (broad SMARTS) is 1. The molecule has 2 fully saturated rings. The Morgan fingerprint density at radius 3 is 2.76 bits per heavy atom. The molecule has 1 saturated heterocycles. The van der Waals surface area contributed by atoms with Crippen molar-refractivity contribution < 1.29 is 23.5 Å². The Morgan fingerprint density at radius 2 is 2.04 bits per heavy atom. The third kappa shape index (κ3) is 6.21.